The molecule has 1 nitrogen and oxygen atoms in total. The van der Waals surface area contributed by atoms with Crippen molar-refractivity contribution in [2.24, 2.45) is 0 Å². The number of hydrogen-bond donors (Lipinski definition) is 1. The fraction of sp³-hybridized carbons (Fsp3) is 0.167. The van der Waals surface area contributed by atoms with E-state index in [4.69, 9.17) is 0 Å². The van der Waals surface area contributed by atoms with Gasteiger partial charge in [0.25, 0.3) is 0 Å². The normalized spacial score (nSPS) is 15.9. The summed E-state index contributed by atoms with van der Waals surface area (Å²) in [7, 11) is 0. The molecule has 0 radical (unpaired) electrons. The summed E-state index contributed by atoms with van der Waals surface area (Å²) in [6.07, 6.45) is 5.64. The van der Waals surface area contributed by atoms with Crippen LogP contribution in [0.3, 0.4) is 0 Å². The van der Waals surface area contributed by atoms with Crippen molar-refractivity contribution in [1.29, 1.82) is 0 Å². The molecule has 0 saturated heterocycles. The number of hydrogen-bond acceptors (Lipinski definition) is 1. The Hall–Kier alpha value is -0.940. The predicted molar refractivity (Wildman–Crippen MR) is 29.5 cm³/mol. The fourth-order valence-corrected chi connectivity index (χ4v) is 0.425. The highest BCUT2D eigenvalue weighted by Crippen LogP contribution is 1.92. The smallest absolute Gasteiger partial charge is 0.0440 e. The van der Waals surface area contributed by atoms with Crippen molar-refractivity contribution in [3.05, 3.63) is 29.8 Å². The molecule has 1 heterocycles. The lowest BCUT2D eigenvalue weighted by Gasteiger charge is -1.91. The molecule has 0 aromatic heterocycles. The number of allylic oxidation sites excluding steroid dienone is 2. The fourth-order valence-electron chi connectivity index (χ4n) is 0.425. The van der Waals surface area contributed by atoms with E-state index in [0.29, 0.717) is 0 Å². The van der Waals surface area contributed by atoms with E-state index in [1.807, 2.05) is 19.2 Å². The summed E-state index contributed by atoms with van der Waals surface area (Å²) in [5, 5.41) is 2.88. The SMILES string of the molecule is CC1=C=CNC=C1. The van der Waals surface area contributed by atoms with Crippen molar-refractivity contribution in [2.45, 2.75) is 6.92 Å². The topological polar surface area (TPSA) is 12.0 Å². The molecular weight excluding hydrogens is 86.1 g/mol. The van der Waals surface area contributed by atoms with Gasteiger partial charge in [-0.2, -0.15) is 0 Å². The Morgan fingerprint density at radius 2 is 2.57 bits per heavy atom. The monoisotopic (exact) mass is 93.1 g/mol. The molecule has 7 heavy (non-hydrogen) atoms. The van der Waals surface area contributed by atoms with Gasteiger partial charge in [-0.25, -0.2) is 0 Å². The van der Waals surface area contributed by atoms with Crippen molar-refractivity contribution in [3.63, 3.8) is 0 Å². The molecule has 1 aliphatic heterocycles. The maximum absolute atomic E-state index is 2.98. The van der Waals surface area contributed by atoms with Gasteiger partial charge in [-0.05, 0) is 18.6 Å². The van der Waals surface area contributed by atoms with Crippen LogP contribution >= 0.6 is 0 Å². The van der Waals surface area contributed by atoms with E-state index < -0.39 is 0 Å². The first-order valence-electron chi connectivity index (χ1n) is 2.24. The summed E-state index contributed by atoms with van der Waals surface area (Å²) in [6, 6.07) is 0. The van der Waals surface area contributed by atoms with E-state index in [2.05, 4.69) is 11.0 Å². The van der Waals surface area contributed by atoms with E-state index in [9.17, 15) is 0 Å². The maximum Gasteiger partial charge on any atom is 0.0440 e. The molecule has 0 bridgehead atoms. The van der Waals surface area contributed by atoms with E-state index in [0.717, 1.165) is 0 Å². The molecular formula is C6H7N. The Morgan fingerprint density at radius 3 is 2.86 bits per heavy atom. The van der Waals surface area contributed by atoms with Crippen LogP contribution in [0, 0.1) is 0 Å². The van der Waals surface area contributed by atoms with E-state index in [1.165, 1.54) is 5.57 Å². The molecule has 0 unspecified atom stereocenters. The van der Waals surface area contributed by atoms with E-state index in [1.54, 1.807) is 6.20 Å². The third-order valence-corrected chi connectivity index (χ3v) is 0.813. The minimum Gasteiger partial charge on any atom is -0.361 e. The zero-order valence-corrected chi connectivity index (χ0v) is 4.23. The van der Waals surface area contributed by atoms with Gasteiger partial charge in [0.2, 0.25) is 0 Å². The molecule has 1 rings (SSSR count). The van der Waals surface area contributed by atoms with Gasteiger partial charge in [0, 0.05) is 12.4 Å². The minimum absolute atomic E-state index is 1.17. The standard InChI is InChI=1S/C6H7N/c1-6-2-4-7-5-3-6/h2,4-5,7H,1H3. The maximum atomic E-state index is 2.98. The van der Waals surface area contributed by atoms with Gasteiger partial charge in [-0.3, -0.25) is 0 Å². The average molecular weight is 93.1 g/mol. The van der Waals surface area contributed by atoms with Crippen LogP contribution in [-0.2, 0) is 0 Å². The molecule has 1 aliphatic rings. The minimum atomic E-state index is 1.17. The highest BCUT2D eigenvalue weighted by molar-refractivity contribution is 5.18. The molecule has 0 atom stereocenters. The van der Waals surface area contributed by atoms with Crippen molar-refractivity contribution >= 4 is 0 Å². The molecule has 36 valence electrons. The van der Waals surface area contributed by atoms with Crippen molar-refractivity contribution < 1.29 is 0 Å². The molecule has 0 fully saturated rings. The highest BCUT2D eigenvalue weighted by atomic mass is 14.8. The first kappa shape index (κ1) is 4.23. The van der Waals surface area contributed by atoms with Gasteiger partial charge in [0.1, 0.15) is 0 Å². The van der Waals surface area contributed by atoms with Crippen LogP contribution in [0.2, 0.25) is 0 Å². The van der Waals surface area contributed by atoms with Crippen LogP contribution in [0.4, 0.5) is 0 Å². The molecule has 0 aromatic rings. The van der Waals surface area contributed by atoms with Gasteiger partial charge in [-0.15, -0.1) is 0 Å². The first-order valence-corrected chi connectivity index (χ1v) is 2.24. The van der Waals surface area contributed by atoms with Crippen LogP contribution in [0.25, 0.3) is 0 Å². The van der Waals surface area contributed by atoms with Crippen molar-refractivity contribution in [2.75, 3.05) is 0 Å². The average Bonchev–Trinajstić information content (AvgIpc) is 1.69. The zero-order chi connectivity index (χ0) is 5.11. The third-order valence-electron chi connectivity index (χ3n) is 0.813. The molecule has 0 saturated carbocycles. The highest BCUT2D eigenvalue weighted by Gasteiger charge is 1.78. The molecule has 1 N–H and O–H groups in total. The lowest BCUT2D eigenvalue weighted by atomic mass is 10.3. The summed E-state index contributed by atoms with van der Waals surface area (Å²) in [4.78, 5) is 0. The number of nitrogens with one attached hydrogen (secondary N) is 1. The van der Waals surface area contributed by atoms with E-state index >= 15 is 0 Å². The van der Waals surface area contributed by atoms with Gasteiger partial charge in [-0.1, -0.05) is 5.73 Å². The van der Waals surface area contributed by atoms with Crippen LogP contribution < -0.4 is 5.32 Å². The second-order valence-corrected chi connectivity index (χ2v) is 1.47. The van der Waals surface area contributed by atoms with E-state index in [-0.39, 0.29) is 0 Å². The Morgan fingerprint density at radius 1 is 1.71 bits per heavy atom. The molecule has 1 heteroatoms. The van der Waals surface area contributed by atoms with Gasteiger partial charge in [0.05, 0.1) is 0 Å². The summed E-state index contributed by atoms with van der Waals surface area (Å²) in [5.74, 6) is 0. The lowest BCUT2D eigenvalue weighted by Crippen LogP contribution is -1.92. The van der Waals surface area contributed by atoms with Crippen LogP contribution in [-0.4, -0.2) is 0 Å². The quantitative estimate of drug-likeness (QED) is 0.443. The van der Waals surface area contributed by atoms with Gasteiger partial charge >= 0.3 is 0 Å². The first-order chi connectivity index (χ1) is 3.39. The summed E-state index contributed by atoms with van der Waals surface area (Å²) in [6.45, 7) is 2.01. The van der Waals surface area contributed by atoms with Crippen LogP contribution in [0.5, 0.6) is 0 Å². The summed E-state index contributed by atoms with van der Waals surface area (Å²) >= 11 is 0. The predicted octanol–water partition coefficient (Wildman–Crippen LogP) is 1.16. The molecule has 0 spiro atoms. The van der Waals surface area contributed by atoms with Crippen LogP contribution in [0.1, 0.15) is 6.92 Å². The van der Waals surface area contributed by atoms with Crippen molar-refractivity contribution in [1.82, 2.24) is 5.32 Å². The van der Waals surface area contributed by atoms with Gasteiger partial charge in [0.15, 0.2) is 0 Å². The zero-order valence-electron chi connectivity index (χ0n) is 4.23. The van der Waals surface area contributed by atoms with Crippen molar-refractivity contribution in [3.8, 4) is 0 Å². The molecule has 0 amide bonds. The van der Waals surface area contributed by atoms with Gasteiger partial charge < -0.3 is 5.32 Å². The second kappa shape index (κ2) is 1.67. The lowest BCUT2D eigenvalue weighted by molar-refractivity contribution is 1.17. The molecule has 0 aliphatic carbocycles. The Bertz CT molecular complexity index is 148. The van der Waals surface area contributed by atoms with Crippen LogP contribution in [0.15, 0.2) is 29.8 Å². The third kappa shape index (κ3) is 0.951. The second-order valence-electron chi connectivity index (χ2n) is 1.47. The Kier molecular flexibility index (Phi) is 1.01. The Balaban J connectivity index is 2.89. The largest absolute Gasteiger partial charge is 0.361 e. The number of rotatable bonds is 0. The molecule has 0 aromatic carbocycles. The Labute approximate surface area is 43.0 Å². The summed E-state index contributed by atoms with van der Waals surface area (Å²) < 4.78 is 0. The summed E-state index contributed by atoms with van der Waals surface area (Å²) in [5.41, 5.74) is 4.14.